The average molecular weight is 784 g/mol. The SMILES string of the molecule is Cc1cc(C)c([P+](C)(CC[B-](I)(c2c(F)c(F)c(F)c(F)c2F)c2c(F)c(F)c(F)c(F)c2F)c2c(C)cc(C)cc2C)c(C)c1. The van der Waals surface area contributed by atoms with Gasteiger partial charge in [-0.1, -0.05) is 35.4 Å². The summed E-state index contributed by atoms with van der Waals surface area (Å²) in [4.78, 5) is 0. The molecule has 4 rings (SSSR count). The summed E-state index contributed by atoms with van der Waals surface area (Å²) in [6.07, 6.45) is -0.883. The van der Waals surface area contributed by atoms with Crippen molar-refractivity contribution in [2.45, 2.75) is 47.9 Å². The highest BCUT2D eigenvalue weighted by Gasteiger charge is 2.47. The van der Waals surface area contributed by atoms with E-state index in [9.17, 15) is 26.3 Å². The highest BCUT2D eigenvalue weighted by molar-refractivity contribution is 14.1. The van der Waals surface area contributed by atoms with Crippen molar-refractivity contribution in [1.29, 1.82) is 0 Å². The quantitative estimate of drug-likeness (QED) is 0.0440. The monoisotopic (exact) mass is 784 g/mol. The van der Waals surface area contributed by atoms with Crippen LogP contribution in [0.1, 0.15) is 33.4 Å². The van der Waals surface area contributed by atoms with E-state index in [4.69, 9.17) is 0 Å². The minimum Gasteiger partial charge on any atom is -0.338 e. The fourth-order valence-electron chi connectivity index (χ4n) is 7.15. The van der Waals surface area contributed by atoms with E-state index < -0.39 is 86.7 Å². The molecule has 0 fully saturated rings. The molecule has 0 amide bonds. The van der Waals surface area contributed by atoms with Crippen LogP contribution >= 0.6 is 29.6 Å². The van der Waals surface area contributed by atoms with Crippen molar-refractivity contribution in [2.75, 3.05) is 12.8 Å². The third-order valence-electron chi connectivity index (χ3n) is 8.63. The zero-order valence-corrected chi connectivity index (χ0v) is 29.0. The lowest BCUT2D eigenvalue weighted by atomic mass is 9.38. The Balaban J connectivity index is 2.14. The average Bonchev–Trinajstić information content (AvgIpc) is 2.95. The summed E-state index contributed by atoms with van der Waals surface area (Å²) in [5, 5.41) is 1.66. The van der Waals surface area contributed by atoms with E-state index >= 15 is 17.6 Å². The van der Waals surface area contributed by atoms with Crippen LogP contribution < -0.4 is 21.5 Å². The second-order valence-corrected chi connectivity index (χ2v) is 17.9. The molecule has 0 spiro atoms. The molecule has 0 bridgehead atoms. The van der Waals surface area contributed by atoms with Crippen molar-refractivity contribution in [1.82, 2.24) is 0 Å². The van der Waals surface area contributed by atoms with Gasteiger partial charge in [-0.15, -0.1) is 17.2 Å². The molecule has 13 heteroatoms. The molecule has 0 N–H and O–H groups in total. The van der Waals surface area contributed by atoms with Crippen LogP contribution in [-0.2, 0) is 0 Å². The van der Waals surface area contributed by atoms with Gasteiger partial charge >= 0.3 is 0 Å². The van der Waals surface area contributed by atoms with Gasteiger partial charge in [-0.25, -0.2) is 43.9 Å². The van der Waals surface area contributed by atoms with Crippen LogP contribution in [0.15, 0.2) is 24.3 Å². The van der Waals surface area contributed by atoms with Crippen LogP contribution in [-0.4, -0.2) is 16.8 Å². The van der Waals surface area contributed by atoms with Gasteiger partial charge in [0.15, 0.2) is 34.9 Å². The first-order valence-electron chi connectivity index (χ1n) is 14.1. The van der Waals surface area contributed by atoms with Crippen LogP contribution in [0.2, 0.25) is 6.32 Å². The van der Waals surface area contributed by atoms with E-state index in [0.717, 1.165) is 66.4 Å². The fourth-order valence-corrected chi connectivity index (χ4v) is 14.0. The lowest BCUT2D eigenvalue weighted by Gasteiger charge is -2.39. The number of hydrogen-bond acceptors (Lipinski definition) is 0. The molecule has 0 heterocycles. The maximum absolute atomic E-state index is 15.5. The summed E-state index contributed by atoms with van der Waals surface area (Å²) in [5.41, 5.74) is 1.86. The van der Waals surface area contributed by atoms with Crippen molar-refractivity contribution >= 4 is 55.2 Å². The number of benzene rings is 4. The molecule has 0 saturated heterocycles. The minimum absolute atomic E-state index is 0.162. The molecule has 4 aromatic rings. The zero-order valence-electron chi connectivity index (χ0n) is 25.9. The lowest BCUT2D eigenvalue weighted by Crippen LogP contribution is -2.60. The third-order valence-corrected chi connectivity index (χ3v) is 15.0. The molecular formula is C33H29BF10IP. The topological polar surface area (TPSA) is 0 Å². The molecular weight excluding hydrogens is 755 g/mol. The maximum Gasteiger partial charge on any atom is 0.200 e. The van der Waals surface area contributed by atoms with Gasteiger partial charge in [0.05, 0.1) is 13.9 Å². The summed E-state index contributed by atoms with van der Waals surface area (Å²) < 4.78 is 145. The smallest absolute Gasteiger partial charge is 0.200 e. The predicted molar refractivity (Wildman–Crippen MR) is 175 cm³/mol. The summed E-state index contributed by atoms with van der Waals surface area (Å²) in [6, 6.07) is 7.65. The standard InChI is InChI=1S/C33H29BF10IP/c1-14-10-16(3)32(17(4)11-14)46(7,33-18(5)12-15(2)13-19(33)6)9-8-34(45,20-22(35)26(39)30(43)27(40)23(20)36)21-24(37)28(41)31(44)29(42)25(21)38/h10-13H,8-9H2,1-7H3. The molecule has 0 saturated carbocycles. The number of halogens is 11. The van der Waals surface area contributed by atoms with E-state index in [1.54, 1.807) is 0 Å². The van der Waals surface area contributed by atoms with Crippen LogP contribution in [0.5, 0.6) is 0 Å². The molecule has 0 radical (unpaired) electrons. The predicted octanol–water partition coefficient (Wildman–Crippen LogP) is 8.72. The van der Waals surface area contributed by atoms with Crippen LogP contribution in [0, 0.1) is 99.7 Å². The molecule has 246 valence electrons. The molecule has 0 unspecified atom stereocenters. The number of hydrogen-bond donors (Lipinski definition) is 0. The van der Waals surface area contributed by atoms with Gasteiger partial charge in [-0.2, -0.15) is 0 Å². The van der Waals surface area contributed by atoms with E-state index in [1.165, 1.54) is 0 Å². The first-order chi connectivity index (χ1) is 21.2. The van der Waals surface area contributed by atoms with Gasteiger partial charge < -0.3 is 22.4 Å². The molecule has 0 aliphatic rings. The van der Waals surface area contributed by atoms with Crippen molar-refractivity contribution < 1.29 is 43.9 Å². The Hall–Kier alpha value is -2.60. The van der Waals surface area contributed by atoms with Gasteiger partial charge in [0.1, 0.15) is 37.9 Å². The van der Waals surface area contributed by atoms with E-state index in [0.29, 0.717) is 0 Å². The van der Waals surface area contributed by atoms with E-state index in [-0.39, 0.29) is 6.16 Å². The van der Waals surface area contributed by atoms with Crippen LogP contribution in [0.25, 0.3) is 0 Å². The van der Waals surface area contributed by atoms with Gasteiger partial charge in [0.2, 0.25) is 0 Å². The van der Waals surface area contributed by atoms with E-state index in [2.05, 4.69) is 0 Å². The number of aryl methyl sites for hydroxylation is 6. The molecule has 4 aromatic carbocycles. The van der Waals surface area contributed by atoms with Gasteiger partial charge in [-0.05, 0) is 63.8 Å². The maximum atomic E-state index is 15.5. The normalized spacial score (nSPS) is 12.3. The van der Waals surface area contributed by atoms with E-state index in [1.807, 2.05) is 72.5 Å². The van der Waals surface area contributed by atoms with Crippen molar-refractivity contribution in [3.05, 3.63) is 116 Å². The second-order valence-electron chi connectivity index (χ2n) is 12.1. The Kier molecular flexibility index (Phi) is 10.1. The first kappa shape index (κ1) is 36.2. The first-order valence-corrected chi connectivity index (χ1v) is 17.8. The highest BCUT2D eigenvalue weighted by atomic mass is 127. The fraction of sp³-hybridized carbons (Fsp3) is 0.273. The molecule has 46 heavy (non-hydrogen) atoms. The zero-order chi connectivity index (χ0) is 34.8. The minimum atomic E-state index is -3.93. The molecule has 0 aliphatic carbocycles. The summed E-state index contributed by atoms with van der Waals surface area (Å²) in [7, 11) is -2.83. The largest absolute Gasteiger partial charge is 0.338 e. The van der Waals surface area contributed by atoms with Crippen molar-refractivity contribution in [3.63, 3.8) is 0 Å². The Morgan fingerprint density at radius 3 is 0.978 bits per heavy atom. The molecule has 0 aliphatic heterocycles. The Morgan fingerprint density at radius 1 is 0.478 bits per heavy atom. The lowest BCUT2D eigenvalue weighted by molar-refractivity contribution is 0.382. The second kappa shape index (κ2) is 12.8. The van der Waals surface area contributed by atoms with Crippen molar-refractivity contribution in [3.8, 4) is 0 Å². The van der Waals surface area contributed by atoms with Gasteiger partial charge in [0.25, 0.3) is 0 Å². The Morgan fingerprint density at radius 2 is 0.717 bits per heavy atom. The van der Waals surface area contributed by atoms with Gasteiger partial charge in [-0.3, -0.25) is 0 Å². The molecule has 0 aromatic heterocycles. The van der Waals surface area contributed by atoms with Gasteiger partial charge in [0, 0.05) is 6.16 Å². The number of rotatable bonds is 7. The Labute approximate surface area is 274 Å². The summed E-state index contributed by atoms with van der Waals surface area (Å²) in [6.45, 7) is 13.0. The van der Waals surface area contributed by atoms with Crippen molar-refractivity contribution in [2.24, 2.45) is 0 Å². The molecule has 0 nitrogen and oxygen atoms in total. The van der Waals surface area contributed by atoms with Crippen LogP contribution in [0.3, 0.4) is 0 Å². The summed E-state index contributed by atoms with van der Waals surface area (Å²) in [5.74, 6) is -24.4. The Bertz CT molecular complexity index is 1680. The van der Waals surface area contributed by atoms with Crippen LogP contribution in [0.4, 0.5) is 43.9 Å². The third kappa shape index (κ3) is 5.75. The highest BCUT2D eigenvalue weighted by Crippen LogP contribution is 2.57. The summed E-state index contributed by atoms with van der Waals surface area (Å²) >= 11 is 1.13. The molecule has 0 atom stereocenters.